The van der Waals surface area contributed by atoms with E-state index in [1.807, 2.05) is 13.1 Å². The number of benzene rings is 1. The van der Waals surface area contributed by atoms with E-state index in [0.717, 1.165) is 32.5 Å². The minimum atomic E-state index is -0.145. The highest BCUT2D eigenvalue weighted by Gasteiger charge is 2.24. The number of piperidine rings is 1. The summed E-state index contributed by atoms with van der Waals surface area (Å²) in [5.74, 6) is 0.383. The number of nitrogens with zero attached hydrogens (tertiary/aromatic N) is 2. The summed E-state index contributed by atoms with van der Waals surface area (Å²) in [6.45, 7) is 5.19. The average Bonchev–Trinajstić information content (AvgIpc) is 2.49. The number of nitrogens with two attached hydrogens (primary N) is 1. The first-order chi connectivity index (χ1) is 10.1. The Labute approximate surface area is 127 Å². The minimum Gasteiger partial charge on any atom is -0.658 e. The first kappa shape index (κ1) is 16.0. The maximum atomic E-state index is 11.2. The zero-order valence-electron chi connectivity index (χ0n) is 13.0. The van der Waals surface area contributed by atoms with Crippen LogP contribution in [0.25, 0.3) is 5.32 Å². The van der Waals surface area contributed by atoms with Gasteiger partial charge in [0.05, 0.1) is 0 Å². The Hall–Kier alpha value is -1.39. The molecule has 0 bridgehead atoms. The highest BCUT2D eigenvalue weighted by Crippen LogP contribution is 2.30. The zero-order valence-corrected chi connectivity index (χ0v) is 13.0. The summed E-state index contributed by atoms with van der Waals surface area (Å²) in [5, 5.41) is 4.57. The molecule has 0 aromatic heterocycles. The van der Waals surface area contributed by atoms with Gasteiger partial charge in [-0.1, -0.05) is 42.8 Å². The third-order valence-electron chi connectivity index (χ3n) is 4.49. The normalized spacial score (nSPS) is 20.1. The molecular formula is C17H26N3O-. The van der Waals surface area contributed by atoms with Crippen LogP contribution in [0.5, 0.6) is 0 Å². The Morgan fingerprint density at radius 2 is 1.95 bits per heavy atom. The fourth-order valence-electron chi connectivity index (χ4n) is 3.29. The highest BCUT2D eigenvalue weighted by molar-refractivity contribution is 5.76. The molecule has 1 amide bonds. The molecule has 21 heavy (non-hydrogen) atoms. The van der Waals surface area contributed by atoms with Gasteiger partial charge in [0.1, 0.15) is 0 Å². The SMILES string of the molecule is C[N-][C@@H](c1ccccc1)[C@@H](C)CN1CCC(C(N)=O)CC1. The van der Waals surface area contributed by atoms with Crippen LogP contribution in [-0.4, -0.2) is 37.5 Å². The van der Waals surface area contributed by atoms with Gasteiger partial charge >= 0.3 is 0 Å². The fourth-order valence-corrected chi connectivity index (χ4v) is 3.29. The van der Waals surface area contributed by atoms with Gasteiger partial charge < -0.3 is 16.0 Å². The predicted octanol–water partition coefficient (Wildman–Crippen LogP) is 2.56. The Kier molecular flexibility index (Phi) is 5.76. The molecule has 116 valence electrons. The summed E-state index contributed by atoms with van der Waals surface area (Å²) >= 11 is 0. The van der Waals surface area contributed by atoms with Crippen molar-refractivity contribution in [1.29, 1.82) is 0 Å². The summed E-state index contributed by atoms with van der Waals surface area (Å²) < 4.78 is 0. The maximum absolute atomic E-state index is 11.2. The lowest BCUT2D eigenvalue weighted by molar-refractivity contribution is -0.123. The van der Waals surface area contributed by atoms with Crippen LogP contribution in [0.1, 0.15) is 31.4 Å². The van der Waals surface area contributed by atoms with Gasteiger partial charge in [-0.2, -0.15) is 7.05 Å². The number of carbonyl (C=O) groups is 1. The molecule has 1 aliphatic rings. The quantitative estimate of drug-likeness (QED) is 0.874. The van der Waals surface area contributed by atoms with Gasteiger partial charge in [0, 0.05) is 5.92 Å². The van der Waals surface area contributed by atoms with Crippen LogP contribution in [0.15, 0.2) is 30.3 Å². The standard InChI is InChI=1S/C17H26N3O/c1-13(16(19-2)14-6-4-3-5-7-14)12-20-10-8-15(9-11-20)17(18)21/h3-7,13,15-16H,8-12H2,1-2H3,(H2,18,21)/q-1/t13-,16+/m0/s1. The van der Waals surface area contributed by atoms with Gasteiger partial charge in [0.15, 0.2) is 0 Å². The highest BCUT2D eigenvalue weighted by atomic mass is 16.1. The van der Waals surface area contributed by atoms with Gasteiger partial charge in [0.25, 0.3) is 0 Å². The molecule has 0 aliphatic carbocycles. The van der Waals surface area contributed by atoms with Crippen LogP contribution in [0.3, 0.4) is 0 Å². The Morgan fingerprint density at radius 1 is 1.33 bits per heavy atom. The van der Waals surface area contributed by atoms with Crippen molar-refractivity contribution < 1.29 is 4.79 Å². The van der Waals surface area contributed by atoms with E-state index >= 15 is 0 Å². The van der Waals surface area contributed by atoms with Gasteiger partial charge in [-0.15, -0.1) is 6.04 Å². The maximum Gasteiger partial charge on any atom is 0.220 e. The van der Waals surface area contributed by atoms with E-state index < -0.39 is 0 Å². The number of likely N-dealkylation sites (tertiary alicyclic amines) is 1. The molecule has 1 aromatic rings. The largest absolute Gasteiger partial charge is 0.658 e. The smallest absolute Gasteiger partial charge is 0.220 e. The van der Waals surface area contributed by atoms with Crippen molar-refractivity contribution in [1.82, 2.24) is 4.90 Å². The molecule has 0 saturated carbocycles. The molecule has 4 heteroatoms. The summed E-state index contributed by atoms with van der Waals surface area (Å²) in [6.07, 6.45) is 1.78. The van der Waals surface area contributed by atoms with Crippen molar-refractivity contribution >= 4 is 5.91 Å². The molecule has 0 radical (unpaired) electrons. The first-order valence-corrected chi connectivity index (χ1v) is 7.77. The lowest BCUT2D eigenvalue weighted by atomic mass is 9.91. The average molecular weight is 288 g/mol. The van der Waals surface area contributed by atoms with Crippen LogP contribution < -0.4 is 5.73 Å². The van der Waals surface area contributed by atoms with Gasteiger partial charge in [-0.3, -0.25) is 4.79 Å². The van der Waals surface area contributed by atoms with Gasteiger partial charge in [-0.25, -0.2) is 0 Å². The molecule has 1 aliphatic heterocycles. The van der Waals surface area contributed by atoms with Crippen molar-refractivity contribution in [2.24, 2.45) is 17.6 Å². The van der Waals surface area contributed by atoms with Crippen LogP contribution in [0.2, 0.25) is 0 Å². The summed E-state index contributed by atoms with van der Waals surface area (Å²) in [6, 6.07) is 10.7. The number of hydrogen-bond donors (Lipinski definition) is 1. The Bertz CT molecular complexity index is 441. The van der Waals surface area contributed by atoms with Crippen molar-refractivity contribution in [3.8, 4) is 0 Å². The lowest BCUT2D eigenvalue weighted by Gasteiger charge is -2.39. The van der Waals surface area contributed by atoms with Crippen molar-refractivity contribution in [3.05, 3.63) is 41.2 Å². The second-order valence-electron chi connectivity index (χ2n) is 6.07. The molecule has 0 spiro atoms. The third kappa shape index (κ3) is 4.29. The fraction of sp³-hybridized carbons (Fsp3) is 0.588. The Morgan fingerprint density at radius 3 is 2.48 bits per heavy atom. The topological polar surface area (TPSA) is 60.4 Å². The predicted molar refractivity (Wildman–Crippen MR) is 86.0 cm³/mol. The van der Waals surface area contributed by atoms with Crippen LogP contribution >= 0.6 is 0 Å². The third-order valence-corrected chi connectivity index (χ3v) is 4.49. The van der Waals surface area contributed by atoms with Gasteiger partial charge in [-0.05, 0) is 38.4 Å². The monoisotopic (exact) mass is 288 g/mol. The van der Waals surface area contributed by atoms with Crippen molar-refractivity contribution in [2.75, 3.05) is 26.7 Å². The molecule has 1 heterocycles. The second kappa shape index (κ2) is 7.57. The summed E-state index contributed by atoms with van der Waals surface area (Å²) in [5.41, 5.74) is 6.66. The molecular weight excluding hydrogens is 262 g/mol. The Balaban J connectivity index is 1.89. The molecule has 2 atom stereocenters. The number of hydrogen-bond acceptors (Lipinski definition) is 2. The summed E-state index contributed by atoms with van der Waals surface area (Å²) in [7, 11) is 1.90. The number of carbonyl (C=O) groups excluding carboxylic acids is 1. The second-order valence-corrected chi connectivity index (χ2v) is 6.07. The van der Waals surface area contributed by atoms with E-state index in [1.54, 1.807) is 0 Å². The van der Waals surface area contributed by atoms with Crippen molar-refractivity contribution in [3.63, 3.8) is 0 Å². The van der Waals surface area contributed by atoms with E-state index in [4.69, 9.17) is 5.73 Å². The number of primary amides is 1. The minimum absolute atomic E-state index is 0.0670. The molecule has 1 fully saturated rings. The summed E-state index contributed by atoms with van der Waals surface area (Å²) in [4.78, 5) is 13.6. The molecule has 2 rings (SSSR count). The van der Waals surface area contributed by atoms with E-state index in [9.17, 15) is 4.79 Å². The molecule has 1 aromatic carbocycles. The molecule has 2 N–H and O–H groups in total. The molecule has 0 unspecified atom stereocenters. The number of rotatable bonds is 6. The van der Waals surface area contributed by atoms with E-state index in [1.165, 1.54) is 5.56 Å². The molecule has 1 saturated heterocycles. The zero-order chi connectivity index (χ0) is 15.2. The first-order valence-electron chi connectivity index (χ1n) is 7.77. The van der Waals surface area contributed by atoms with Gasteiger partial charge in [0.2, 0.25) is 5.91 Å². The number of amides is 1. The van der Waals surface area contributed by atoms with Crippen LogP contribution in [0, 0.1) is 11.8 Å². The van der Waals surface area contributed by atoms with E-state index in [-0.39, 0.29) is 17.9 Å². The van der Waals surface area contributed by atoms with Crippen LogP contribution in [-0.2, 0) is 4.79 Å². The van der Waals surface area contributed by atoms with Crippen molar-refractivity contribution in [2.45, 2.75) is 25.8 Å². The lowest BCUT2D eigenvalue weighted by Crippen LogP contribution is -2.41. The van der Waals surface area contributed by atoms with E-state index in [0.29, 0.717) is 5.92 Å². The van der Waals surface area contributed by atoms with E-state index in [2.05, 4.69) is 41.4 Å². The van der Waals surface area contributed by atoms with Crippen LogP contribution in [0.4, 0.5) is 0 Å². The molecule has 4 nitrogen and oxygen atoms in total.